The van der Waals surface area contributed by atoms with Crippen LogP contribution in [0.5, 0.6) is 0 Å². The Kier molecular flexibility index (Phi) is 7.56. The van der Waals surface area contributed by atoms with E-state index in [4.69, 9.17) is 5.84 Å². The molecule has 0 fully saturated rings. The van der Waals surface area contributed by atoms with Crippen LogP contribution in [-0.4, -0.2) is 29.8 Å². The van der Waals surface area contributed by atoms with Crippen LogP contribution in [-0.2, 0) is 23.2 Å². The van der Waals surface area contributed by atoms with Crippen LogP contribution in [0.4, 0.5) is 5.82 Å². The summed E-state index contributed by atoms with van der Waals surface area (Å²) in [5.41, 5.74) is 3.84. The predicted molar refractivity (Wildman–Crippen MR) is 118 cm³/mol. The molecule has 0 aliphatic carbocycles. The number of benzene rings is 2. The number of azo groups is 1. The number of hydrazine groups is 1. The number of rotatable bonds is 8. The van der Waals surface area contributed by atoms with Crippen molar-refractivity contribution in [3.05, 3.63) is 89.1 Å². The fourth-order valence-corrected chi connectivity index (χ4v) is 3.51. The first-order chi connectivity index (χ1) is 15.8. The first-order valence-corrected chi connectivity index (χ1v) is 11.0. The second-order valence-electron chi connectivity index (χ2n) is 6.74. The smallest absolute Gasteiger partial charge is 0.294 e. The van der Waals surface area contributed by atoms with E-state index in [1.807, 2.05) is 5.43 Å². The van der Waals surface area contributed by atoms with E-state index in [1.165, 1.54) is 36.5 Å². The number of nitrogens with one attached hydrogen (secondary N) is 2. The molecular weight excluding hydrogens is 448 g/mol. The molecule has 170 valence electrons. The van der Waals surface area contributed by atoms with Crippen LogP contribution in [0.25, 0.3) is 0 Å². The van der Waals surface area contributed by atoms with Crippen molar-refractivity contribution in [3.63, 3.8) is 0 Å². The van der Waals surface area contributed by atoms with E-state index in [0.717, 1.165) is 5.56 Å². The molecule has 0 aliphatic rings. The van der Waals surface area contributed by atoms with E-state index in [9.17, 15) is 22.6 Å². The monoisotopic (exact) mass is 468 g/mol. The molecule has 0 atom stereocenters. The maximum Gasteiger partial charge on any atom is 0.294 e. The van der Waals surface area contributed by atoms with Gasteiger partial charge >= 0.3 is 0 Å². The van der Waals surface area contributed by atoms with Crippen LogP contribution in [0.2, 0.25) is 0 Å². The van der Waals surface area contributed by atoms with Crippen molar-refractivity contribution in [2.45, 2.75) is 18.0 Å². The lowest BCUT2D eigenvalue weighted by Crippen LogP contribution is -2.30. The summed E-state index contributed by atoms with van der Waals surface area (Å²) in [4.78, 5) is 27.6. The van der Waals surface area contributed by atoms with E-state index >= 15 is 0 Å². The summed E-state index contributed by atoms with van der Waals surface area (Å²) in [5, 5.41) is 10.6. The Morgan fingerprint density at radius 3 is 2.30 bits per heavy atom. The Hall–Kier alpha value is -4.00. The SMILES string of the molecule is NNC(=O)c1ccc(CNC(=O)c2ccc(N=NCc3ccccc3S(=O)(=O)O)nc2)cc1. The van der Waals surface area contributed by atoms with Crippen LogP contribution >= 0.6 is 0 Å². The molecule has 0 bridgehead atoms. The average Bonchev–Trinajstić information content (AvgIpc) is 2.82. The van der Waals surface area contributed by atoms with Gasteiger partial charge in [-0.05, 0) is 41.5 Å². The van der Waals surface area contributed by atoms with Crippen LogP contribution in [0.3, 0.4) is 0 Å². The molecule has 1 heterocycles. The zero-order chi connectivity index (χ0) is 23.8. The third kappa shape index (κ3) is 6.49. The van der Waals surface area contributed by atoms with Crippen molar-refractivity contribution in [2.75, 3.05) is 0 Å². The molecule has 0 spiro atoms. The molecule has 3 rings (SSSR count). The molecule has 0 saturated heterocycles. The van der Waals surface area contributed by atoms with Gasteiger partial charge in [0.15, 0.2) is 5.82 Å². The van der Waals surface area contributed by atoms with Gasteiger partial charge in [-0.2, -0.15) is 13.5 Å². The summed E-state index contributed by atoms with van der Waals surface area (Å²) in [6.07, 6.45) is 1.34. The van der Waals surface area contributed by atoms with E-state index in [0.29, 0.717) is 11.1 Å². The number of aromatic nitrogens is 1. The number of nitrogens with two attached hydrogens (primary N) is 1. The number of hydrogen-bond donors (Lipinski definition) is 4. The van der Waals surface area contributed by atoms with Gasteiger partial charge in [0, 0.05) is 18.3 Å². The van der Waals surface area contributed by atoms with Gasteiger partial charge in [-0.1, -0.05) is 30.3 Å². The lowest BCUT2D eigenvalue weighted by atomic mass is 10.1. The molecule has 5 N–H and O–H groups in total. The standard InChI is InChI=1S/C21H20N6O5S/c22-26-21(29)15-7-5-14(6-8-15)11-24-20(28)17-9-10-19(23-12-17)27-25-13-16-3-1-2-4-18(16)33(30,31)32/h1-10,12H,11,13,22H2,(H,24,28)(H,26,29)(H,30,31,32). The minimum Gasteiger partial charge on any atom is -0.348 e. The topological polar surface area (TPSA) is 176 Å². The summed E-state index contributed by atoms with van der Waals surface area (Å²) < 4.78 is 32.1. The molecular formula is C21H20N6O5S. The van der Waals surface area contributed by atoms with Gasteiger partial charge in [0.2, 0.25) is 0 Å². The number of carbonyl (C=O) groups excluding carboxylic acids is 2. The first kappa shape index (κ1) is 23.7. The van der Waals surface area contributed by atoms with E-state index in [2.05, 4.69) is 20.5 Å². The average molecular weight is 468 g/mol. The summed E-state index contributed by atoms with van der Waals surface area (Å²) in [5.74, 6) is 4.55. The first-order valence-electron chi connectivity index (χ1n) is 9.55. The third-order valence-corrected chi connectivity index (χ3v) is 5.43. The maximum absolute atomic E-state index is 12.3. The Labute approximate surface area is 189 Å². The van der Waals surface area contributed by atoms with Crippen molar-refractivity contribution in [1.82, 2.24) is 15.7 Å². The lowest BCUT2D eigenvalue weighted by Gasteiger charge is -2.06. The van der Waals surface area contributed by atoms with E-state index < -0.39 is 16.0 Å². The largest absolute Gasteiger partial charge is 0.348 e. The minimum absolute atomic E-state index is 0.0778. The molecule has 0 saturated carbocycles. The number of pyridine rings is 1. The Morgan fingerprint density at radius 2 is 1.67 bits per heavy atom. The fraction of sp³-hybridized carbons (Fsp3) is 0.0952. The van der Waals surface area contributed by atoms with Crippen molar-refractivity contribution in [3.8, 4) is 0 Å². The zero-order valence-corrected chi connectivity index (χ0v) is 18.0. The van der Waals surface area contributed by atoms with Gasteiger partial charge in [0.25, 0.3) is 21.9 Å². The lowest BCUT2D eigenvalue weighted by molar-refractivity contribution is 0.0943. The molecule has 3 aromatic rings. The van der Waals surface area contributed by atoms with Crippen molar-refractivity contribution >= 4 is 27.8 Å². The number of hydrogen-bond acceptors (Lipinski definition) is 8. The third-order valence-electron chi connectivity index (χ3n) is 4.48. The molecule has 0 aliphatic heterocycles. The summed E-state index contributed by atoms with van der Waals surface area (Å²) in [6.45, 7) is 0.170. The molecule has 2 amide bonds. The quantitative estimate of drug-likeness (QED) is 0.129. The van der Waals surface area contributed by atoms with Gasteiger partial charge in [0.05, 0.1) is 17.0 Å². The van der Waals surface area contributed by atoms with Gasteiger partial charge in [-0.15, -0.1) is 5.11 Å². The van der Waals surface area contributed by atoms with Gasteiger partial charge in [-0.3, -0.25) is 19.6 Å². The summed E-state index contributed by atoms with van der Waals surface area (Å²) in [7, 11) is -4.36. The second-order valence-corrected chi connectivity index (χ2v) is 8.13. The molecule has 0 radical (unpaired) electrons. The fourth-order valence-electron chi connectivity index (χ4n) is 2.79. The van der Waals surface area contributed by atoms with Gasteiger partial charge < -0.3 is 5.32 Å². The van der Waals surface area contributed by atoms with Gasteiger partial charge in [0.1, 0.15) is 0 Å². The van der Waals surface area contributed by atoms with Crippen LogP contribution in [0.15, 0.2) is 82.0 Å². The predicted octanol–water partition coefficient (Wildman–Crippen LogP) is 2.15. The minimum atomic E-state index is -4.36. The summed E-state index contributed by atoms with van der Waals surface area (Å²) in [6, 6.07) is 15.5. The Morgan fingerprint density at radius 1 is 0.970 bits per heavy atom. The van der Waals surface area contributed by atoms with Crippen LogP contribution < -0.4 is 16.6 Å². The van der Waals surface area contributed by atoms with Crippen LogP contribution in [0, 0.1) is 0 Å². The van der Waals surface area contributed by atoms with Crippen molar-refractivity contribution in [1.29, 1.82) is 0 Å². The highest BCUT2D eigenvalue weighted by molar-refractivity contribution is 7.85. The number of nitrogens with zero attached hydrogens (tertiary/aromatic N) is 3. The highest BCUT2D eigenvalue weighted by Crippen LogP contribution is 2.17. The zero-order valence-electron chi connectivity index (χ0n) is 17.2. The second kappa shape index (κ2) is 10.5. The highest BCUT2D eigenvalue weighted by Gasteiger charge is 2.14. The summed E-state index contributed by atoms with van der Waals surface area (Å²) >= 11 is 0. The van der Waals surface area contributed by atoms with Gasteiger partial charge in [-0.25, -0.2) is 10.8 Å². The Bertz CT molecular complexity index is 1280. The number of amides is 2. The van der Waals surface area contributed by atoms with Crippen LogP contribution in [0.1, 0.15) is 31.8 Å². The Balaban J connectivity index is 1.57. The molecule has 11 nitrogen and oxygen atoms in total. The number of nitrogen functional groups attached to an aromatic ring is 1. The van der Waals surface area contributed by atoms with Crippen molar-refractivity contribution < 1.29 is 22.6 Å². The highest BCUT2D eigenvalue weighted by atomic mass is 32.2. The van der Waals surface area contributed by atoms with E-state index in [1.54, 1.807) is 30.3 Å². The van der Waals surface area contributed by atoms with E-state index in [-0.39, 0.29) is 35.3 Å². The molecule has 33 heavy (non-hydrogen) atoms. The number of carbonyl (C=O) groups is 2. The maximum atomic E-state index is 12.3. The molecule has 12 heteroatoms. The normalized spacial score (nSPS) is 11.3. The molecule has 0 unspecified atom stereocenters. The molecule has 2 aromatic carbocycles. The molecule has 1 aromatic heterocycles. The van der Waals surface area contributed by atoms with Crippen molar-refractivity contribution in [2.24, 2.45) is 16.1 Å².